The van der Waals surface area contributed by atoms with Crippen molar-refractivity contribution in [1.82, 2.24) is 9.62 Å². The van der Waals surface area contributed by atoms with E-state index in [-0.39, 0.29) is 18.2 Å². The standard InChI is InChI=1S/C23H30FN3O6S/c1-23(2,3)33-22(30)26-12-15(11-16(26)8-7-14-5-4-6-14)17-9-10-18(28)21(20(17)24)27-13-19(29)25-34(27,31)32/h9-11,14,16,28H,4-8,12-13H2,1-3H3,(H,25,29)/t16-/m1/s1. The number of phenols is 1. The Kier molecular flexibility index (Phi) is 6.26. The number of hydrogen-bond donors (Lipinski definition) is 2. The van der Waals surface area contributed by atoms with Gasteiger partial charge in [-0.05, 0) is 57.2 Å². The van der Waals surface area contributed by atoms with Gasteiger partial charge in [-0.1, -0.05) is 25.3 Å². The summed E-state index contributed by atoms with van der Waals surface area (Å²) in [5.74, 6) is -1.78. The van der Waals surface area contributed by atoms with Crippen LogP contribution in [-0.4, -0.2) is 55.2 Å². The minimum atomic E-state index is -4.31. The average molecular weight is 496 g/mol. The zero-order valence-electron chi connectivity index (χ0n) is 19.5. The summed E-state index contributed by atoms with van der Waals surface area (Å²) in [4.78, 5) is 26.1. The predicted molar refractivity (Wildman–Crippen MR) is 124 cm³/mol. The van der Waals surface area contributed by atoms with E-state index < -0.39 is 51.6 Å². The van der Waals surface area contributed by atoms with Gasteiger partial charge in [0.2, 0.25) is 0 Å². The molecule has 0 unspecified atom stereocenters. The molecule has 9 nitrogen and oxygen atoms in total. The molecule has 2 N–H and O–H groups in total. The van der Waals surface area contributed by atoms with Crippen molar-refractivity contribution in [2.75, 3.05) is 17.4 Å². The Morgan fingerprint density at radius 3 is 2.50 bits per heavy atom. The molecule has 3 aliphatic rings. The number of halogens is 1. The Labute approximate surface area is 198 Å². The van der Waals surface area contributed by atoms with Crippen LogP contribution in [-0.2, 0) is 19.7 Å². The van der Waals surface area contributed by atoms with Crippen molar-refractivity contribution < 1.29 is 32.2 Å². The van der Waals surface area contributed by atoms with Crippen LogP contribution in [0.3, 0.4) is 0 Å². The molecule has 1 aromatic carbocycles. The quantitative estimate of drug-likeness (QED) is 0.648. The number of amides is 2. The Hall–Kier alpha value is -2.82. The third-order valence-electron chi connectivity index (χ3n) is 6.37. The Bertz CT molecular complexity index is 1140. The van der Waals surface area contributed by atoms with Crippen molar-refractivity contribution in [2.24, 2.45) is 5.92 Å². The second kappa shape index (κ2) is 8.75. The lowest BCUT2D eigenvalue weighted by molar-refractivity contribution is -0.117. The summed E-state index contributed by atoms with van der Waals surface area (Å²) in [7, 11) is -4.31. The first-order valence-electron chi connectivity index (χ1n) is 11.4. The molecule has 4 rings (SSSR count). The van der Waals surface area contributed by atoms with Crippen LogP contribution in [0.25, 0.3) is 5.57 Å². The number of hydrogen-bond acceptors (Lipinski definition) is 6. The molecule has 34 heavy (non-hydrogen) atoms. The smallest absolute Gasteiger partial charge is 0.411 e. The summed E-state index contributed by atoms with van der Waals surface area (Å²) in [5.41, 5.74) is -0.751. The third kappa shape index (κ3) is 4.84. The van der Waals surface area contributed by atoms with Crippen LogP contribution in [0.15, 0.2) is 18.2 Å². The highest BCUT2D eigenvalue weighted by atomic mass is 32.2. The predicted octanol–water partition coefficient (Wildman–Crippen LogP) is 3.30. The first-order chi connectivity index (χ1) is 15.9. The molecular formula is C23H30FN3O6S. The van der Waals surface area contributed by atoms with E-state index in [1.165, 1.54) is 31.4 Å². The molecule has 1 atom stereocenters. The van der Waals surface area contributed by atoms with E-state index >= 15 is 4.39 Å². The van der Waals surface area contributed by atoms with Gasteiger partial charge in [0.15, 0.2) is 5.82 Å². The lowest BCUT2D eigenvalue weighted by Gasteiger charge is -2.31. The molecule has 2 heterocycles. The zero-order valence-corrected chi connectivity index (χ0v) is 20.3. The van der Waals surface area contributed by atoms with E-state index in [9.17, 15) is 23.1 Å². The fraction of sp³-hybridized carbons (Fsp3) is 0.565. The van der Waals surface area contributed by atoms with Crippen molar-refractivity contribution >= 4 is 33.5 Å². The second-order valence-corrected chi connectivity index (χ2v) is 11.7. The van der Waals surface area contributed by atoms with Gasteiger partial charge < -0.3 is 9.84 Å². The minimum absolute atomic E-state index is 0.0575. The molecule has 186 valence electrons. The minimum Gasteiger partial charge on any atom is -0.506 e. The number of ether oxygens (including phenoxy) is 1. The highest BCUT2D eigenvalue weighted by Gasteiger charge is 2.39. The monoisotopic (exact) mass is 495 g/mol. The summed E-state index contributed by atoms with van der Waals surface area (Å²) < 4.78 is 48.0. The SMILES string of the molecule is CC(C)(C)OC(=O)N1CC(c2ccc(O)c(N3CC(=O)NS3(=O)=O)c2F)=C[C@H]1CCC1CCC1. The number of carbonyl (C=O) groups excluding carboxylic acids is 2. The third-order valence-corrected chi connectivity index (χ3v) is 7.75. The van der Waals surface area contributed by atoms with Gasteiger partial charge in [0.1, 0.15) is 23.6 Å². The van der Waals surface area contributed by atoms with Gasteiger partial charge in [-0.15, -0.1) is 0 Å². The molecule has 2 fully saturated rings. The number of anilines is 1. The van der Waals surface area contributed by atoms with E-state index in [2.05, 4.69) is 0 Å². The lowest BCUT2D eigenvalue weighted by atomic mass is 9.81. The van der Waals surface area contributed by atoms with Gasteiger partial charge >= 0.3 is 16.3 Å². The van der Waals surface area contributed by atoms with E-state index in [4.69, 9.17) is 4.74 Å². The van der Waals surface area contributed by atoms with E-state index in [1.807, 2.05) is 6.08 Å². The molecular weight excluding hydrogens is 465 g/mol. The van der Waals surface area contributed by atoms with Crippen LogP contribution in [0, 0.1) is 11.7 Å². The molecule has 1 aromatic rings. The van der Waals surface area contributed by atoms with Gasteiger partial charge in [0.25, 0.3) is 5.91 Å². The van der Waals surface area contributed by atoms with Crippen LogP contribution in [0.1, 0.15) is 58.4 Å². The topological polar surface area (TPSA) is 116 Å². The number of carbonyl (C=O) groups is 2. The summed E-state index contributed by atoms with van der Waals surface area (Å²) in [5, 5.41) is 10.2. The molecule has 0 radical (unpaired) electrons. The van der Waals surface area contributed by atoms with Crippen molar-refractivity contribution in [3.63, 3.8) is 0 Å². The van der Waals surface area contributed by atoms with Gasteiger partial charge in [-0.2, -0.15) is 8.42 Å². The summed E-state index contributed by atoms with van der Waals surface area (Å²) in [6, 6.07) is 2.24. The number of aromatic hydroxyl groups is 1. The number of nitrogens with zero attached hydrogens (tertiary/aromatic N) is 2. The van der Waals surface area contributed by atoms with Crippen molar-refractivity contribution in [3.05, 3.63) is 29.6 Å². The molecule has 0 spiro atoms. The fourth-order valence-electron chi connectivity index (χ4n) is 4.48. The van der Waals surface area contributed by atoms with Crippen LogP contribution < -0.4 is 9.03 Å². The van der Waals surface area contributed by atoms with Gasteiger partial charge in [0, 0.05) is 5.56 Å². The van der Waals surface area contributed by atoms with Crippen molar-refractivity contribution in [3.8, 4) is 5.75 Å². The number of nitrogens with one attached hydrogen (secondary N) is 1. The van der Waals surface area contributed by atoms with Gasteiger partial charge in [-0.25, -0.2) is 18.2 Å². The van der Waals surface area contributed by atoms with Gasteiger partial charge in [-0.3, -0.25) is 9.69 Å². The first kappa shape index (κ1) is 24.3. The van der Waals surface area contributed by atoms with Crippen molar-refractivity contribution in [2.45, 2.75) is 64.5 Å². The average Bonchev–Trinajstić information content (AvgIpc) is 3.19. The normalized spacial score (nSPS) is 22.4. The molecule has 2 amide bonds. The summed E-state index contributed by atoms with van der Waals surface area (Å²) in [6.07, 6.45) is 6.50. The van der Waals surface area contributed by atoms with E-state index in [1.54, 1.807) is 30.4 Å². The molecule has 11 heteroatoms. The first-order valence-corrected chi connectivity index (χ1v) is 12.8. The molecule has 1 saturated heterocycles. The summed E-state index contributed by atoms with van der Waals surface area (Å²) in [6.45, 7) is 4.77. The number of rotatable bonds is 5. The molecule has 2 aliphatic heterocycles. The van der Waals surface area contributed by atoms with Crippen LogP contribution in [0.5, 0.6) is 5.75 Å². The summed E-state index contributed by atoms with van der Waals surface area (Å²) >= 11 is 0. The number of phenolic OH excluding ortho intramolecular Hbond substituents is 1. The highest BCUT2D eigenvalue weighted by Crippen LogP contribution is 2.40. The maximum Gasteiger partial charge on any atom is 0.411 e. The highest BCUT2D eigenvalue weighted by molar-refractivity contribution is 7.92. The fourth-order valence-corrected chi connectivity index (χ4v) is 5.65. The maximum atomic E-state index is 15.6. The van der Waals surface area contributed by atoms with Crippen LogP contribution >= 0.6 is 0 Å². The van der Waals surface area contributed by atoms with E-state index in [0.717, 1.165) is 6.42 Å². The van der Waals surface area contributed by atoms with E-state index in [0.29, 0.717) is 22.2 Å². The Morgan fingerprint density at radius 1 is 1.24 bits per heavy atom. The zero-order chi connectivity index (χ0) is 24.8. The molecule has 0 aromatic heterocycles. The Balaban J connectivity index is 1.66. The van der Waals surface area contributed by atoms with Gasteiger partial charge in [0.05, 0.1) is 12.6 Å². The second-order valence-electron chi connectivity index (χ2n) is 10.1. The maximum absolute atomic E-state index is 15.6. The van der Waals surface area contributed by atoms with Crippen molar-refractivity contribution in [1.29, 1.82) is 0 Å². The largest absolute Gasteiger partial charge is 0.506 e. The Morgan fingerprint density at radius 2 is 1.94 bits per heavy atom. The molecule has 0 bridgehead atoms. The molecule has 1 saturated carbocycles. The number of benzene rings is 1. The lowest BCUT2D eigenvalue weighted by Crippen LogP contribution is -2.40. The van der Waals surface area contributed by atoms with Crippen LogP contribution in [0.4, 0.5) is 14.9 Å². The molecule has 1 aliphatic carbocycles. The van der Waals surface area contributed by atoms with Crippen LogP contribution in [0.2, 0.25) is 0 Å².